The molecule has 0 bridgehead atoms. The topological polar surface area (TPSA) is 89.2 Å². The molecular formula is C11H11N5O. The van der Waals surface area contributed by atoms with Gasteiger partial charge >= 0.3 is 0 Å². The largest absolute Gasteiger partial charge is 0.429 e. The van der Waals surface area contributed by atoms with E-state index in [1.807, 2.05) is 30.3 Å². The third-order valence-corrected chi connectivity index (χ3v) is 2.47. The highest BCUT2D eigenvalue weighted by Gasteiger charge is 2.32. The fourth-order valence-electron chi connectivity index (χ4n) is 1.68. The van der Waals surface area contributed by atoms with Gasteiger partial charge in [0, 0.05) is 11.6 Å². The summed E-state index contributed by atoms with van der Waals surface area (Å²) in [6.07, 6.45) is 0.965. The zero-order chi connectivity index (χ0) is 11.8. The van der Waals surface area contributed by atoms with E-state index in [2.05, 4.69) is 10.1 Å². The molecule has 0 fully saturated rings. The first-order chi connectivity index (χ1) is 8.24. The monoisotopic (exact) mass is 229 g/mol. The minimum absolute atomic E-state index is 0.341. The van der Waals surface area contributed by atoms with E-state index in [1.54, 1.807) is 6.08 Å². The van der Waals surface area contributed by atoms with Crippen molar-refractivity contribution in [3.05, 3.63) is 47.8 Å². The van der Waals surface area contributed by atoms with E-state index >= 15 is 0 Å². The van der Waals surface area contributed by atoms with Gasteiger partial charge in [-0.3, -0.25) is 0 Å². The highest BCUT2D eigenvalue weighted by Crippen LogP contribution is 2.22. The number of fused-ring (bicyclic) bond motifs is 1. The van der Waals surface area contributed by atoms with Gasteiger partial charge < -0.3 is 16.2 Å². The average Bonchev–Trinajstić information content (AvgIpc) is 2.74. The molecule has 0 amide bonds. The number of nitrogens with zero attached hydrogens (tertiary/aromatic N) is 3. The first kappa shape index (κ1) is 9.71. The fraction of sp³-hybridized carbons (Fsp3) is 0.0909. The SMILES string of the molecule is NC1=CC(N)=NC2OC(c3ccccc3)=NN12. The molecule has 0 spiro atoms. The molecule has 0 radical (unpaired) electrons. The van der Waals surface area contributed by atoms with Crippen LogP contribution in [0.4, 0.5) is 0 Å². The third-order valence-electron chi connectivity index (χ3n) is 2.47. The van der Waals surface area contributed by atoms with E-state index in [9.17, 15) is 0 Å². The Labute approximate surface area is 97.9 Å². The van der Waals surface area contributed by atoms with Crippen molar-refractivity contribution in [2.45, 2.75) is 6.35 Å². The lowest BCUT2D eigenvalue weighted by molar-refractivity contribution is 0.0889. The van der Waals surface area contributed by atoms with Gasteiger partial charge in [0.1, 0.15) is 11.7 Å². The Hall–Kier alpha value is -2.50. The molecule has 2 aliphatic heterocycles. The van der Waals surface area contributed by atoms with Crippen LogP contribution in [-0.4, -0.2) is 23.1 Å². The van der Waals surface area contributed by atoms with Crippen LogP contribution in [-0.2, 0) is 4.74 Å². The molecule has 17 heavy (non-hydrogen) atoms. The highest BCUT2D eigenvalue weighted by atomic mass is 16.5. The summed E-state index contributed by atoms with van der Waals surface area (Å²) >= 11 is 0. The lowest BCUT2D eigenvalue weighted by Gasteiger charge is -2.21. The van der Waals surface area contributed by atoms with Crippen LogP contribution in [0.1, 0.15) is 5.56 Å². The Bertz CT molecular complexity index is 534. The molecule has 4 N–H and O–H groups in total. The quantitative estimate of drug-likeness (QED) is 0.716. The molecule has 1 aromatic carbocycles. The predicted molar refractivity (Wildman–Crippen MR) is 63.6 cm³/mol. The molecule has 6 nitrogen and oxygen atoms in total. The van der Waals surface area contributed by atoms with Crippen molar-refractivity contribution in [1.82, 2.24) is 5.01 Å². The van der Waals surface area contributed by atoms with Gasteiger partial charge in [0.25, 0.3) is 6.35 Å². The molecule has 0 saturated heterocycles. The lowest BCUT2D eigenvalue weighted by atomic mass is 10.2. The molecule has 1 unspecified atom stereocenters. The Kier molecular flexibility index (Phi) is 2.01. The maximum atomic E-state index is 5.79. The molecule has 86 valence electrons. The third kappa shape index (κ3) is 1.59. The number of hydrazone groups is 1. The number of amidine groups is 1. The number of rotatable bonds is 1. The van der Waals surface area contributed by atoms with Gasteiger partial charge in [-0.2, -0.15) is 5.01 Å². The van der Waals surface area contributed by atoms with Gasteiger partial charge in [-0.05, 0) is 12.1 Å². The van der Waals surface area contributed by atoms with E-state index in [1.165, 1.54) is 5.01 Å². The van der Waals surface area contributed by atoms with Crippen LogP contribution in [0.3, 0.4) is 0 Å². The molecule has 3 rings (SSSR count). The molecule has 1 atom stereocenters. The summed E-state index contributed by atoms with van der Waals surface area (Å²) < 4.78 is 5.58. The van der Waals surface area contributed by atoms with Crippen molar-refractivity contribution in [2.75, 3.05) is 0 Å². The Morgan fingerprint density at radius 2 is 1.94 bits per heavy atom. The highest BCUT2D eigenvalue weighted by molar-refractivity contribution is 5.96. The van der Waals surface area contributed by atoms with Crippen molar-refractivity contribution in [3.8, 4) is 0 Å². The van der Waals surface area contributed by atoms with Crippen LogP contribution in [0.25, 0.3) is 0 Å². The minimum Gasteiger partial charge on any atom is -0.429 e. The van der Waals surface area contributed by atoms with E-state index in [0.29, 0.717) is 17.6 Å². The summed E-state index contributed by atoms with van der Waals surface area (Å²) in [4.78, 5) is 4.10. The average molecular weight is 229 g/mol. The van der Waals surface area contributed by atoms with Crippen LogP contribution in [0.5, 0.6) is 0 Å². The summed E-state index contributed by atoms with van der Waals surface area (Å²) in [5, 5.41) is 5.77. The Morgan fingerprint density at radius 3 is 2.71 bits per heavy atom. The van der Waals surface area contributed by atoms with Gasteiger partial charge in [0.05, 0.1) is 0 Å². The molecule has 1 aromatic rings. The summed E-state index contributed by atoms with van der Waals surface area (Å²) in [6, 6.07) is 9.57. The van der Waals surface area contributed by atoms with Crippen molar-refractivity contribution >= 4 is 11.7 Å². The smallest absolute Gasteiger partial charge is 0.294 e. The number of nitrogens with two attached hydrogens (primary N) is 2. The van der Waals surface area contributed by atoms with Gasteiger partial charge in [-0.1, -0.05) is 18.2 Å². The van der Waals surface area contributed by atoms with Crippen molar-refractivity contribution in [1.29, 1.82) is 0 Å². The van der Waals surface area contributed by atoms with Crippen molar-refractivity contribution in [2.24, 2.45) is 21.6 Å². The van der Waals surface area contributed by atoms with Gasteiger partial charge in [-0.25, -0.2) is 4.99 Å². The second-order valence-corrected chi connectivity index (χ2v) is 3.68. The number of aliphatic imine (C=N–C) groups is 1. The van der Waals surface area contributed by atoms with Crippen molar-refractivity contribution in [3.63, 3.8) is 0 Å². The Morgan fingerprint density at radius 1 is 1.18 bits per heavy atom. The van der Waals surface area contributed by atoms with Crippen LogP contribution in [0.2, 0.25) is 0 Å². The first-order valence-electron chi connectivity index (χ1n) is 5.14. The normalized spacial score (nSPS) is 22.2. The summed E-state index contributed by atoms with van der Waals surface area (Å²) in [6.45, 7) is 0. The van der Waals surface area contributed by atoms with Crippen LogP contribution in [0.15, 0.2) is 52.3 Å². The molecular weight excluding hydrogens is 218 g/mol. The number of benzene rings is 1. The number of hydrogen-bond donors (Lipinski definition) is 2. The Balaban J connectivity index is 1.94. The summed E-state index contributed by atoms with van der Waals surface area (Å²) in [5.41, 5.74) is 12.3. The van der Waals surface area contributed by atoms with Crippen LogP contribution < -0.4 is 11.5 Å². The van der Waals surface area contributed by atoms with Gasteiger partial charge in [-0.15, -0.1) is 5.10 Å². The molecule has 0 saturated carbocycles. The second kappa shape index (κ2) is 3.51. The lowest BCUT2D eigenvalue weighted by Crippen LogP contribution is -2.36. The summed E-state index contributed by atoms with van der Waals surface area (Å²) in [5.74, 6) is 1.26. The van der Waals surface area contributed by atoms with Crippen molar-refractivity contribution < 1.29 is 4.74 Å². The van der Waals surface area contributed by atoms with Gasteiger partial charge in [0.2, 0.25) is 5.90 Å². The van der Waals surface area contributed by atoms with E-state index < -0.39 is 6.35 Å². The minimum atomic E-state index is -0.588. The first-order valence-corrected chi connectivity index (χ1v) is 5.14. The number of ether oxygens (including phenoxy) is 1. The van der Waals surface area contributed by atoms with E-state index in [0.717, 1.165) is 5.56 Å². The second-order valence-electron chi connectivity index (χ2n) is 3.68. The molecule has 2 heterocycles. The molecule has 6 heteroatoms. The van der Waals surface area contributed by atoms with Crippen LogP contribution >= 0.6 is 0 Å². The fourth-order valence-corrected chi connectivity index (χ4v) is 1.68. The molecule has 2 aliphatic rings. The zero-order valence-electron chi connectivity index (χ0n) is 8.95. The number of hydrogen-bond acceptors (Lipinski definition) is 6. The zero-order valence-corrected chi connectivity index (χ0v) is 8.95. The standard InChI is InChI=1S/C11H11N5O/c12-8-6-9(13)16-11(14-8)17-10(15-16)7-4-2-1-3-5-7/h1-6,11H,13H2,(H2,12,14). The van der Waals surface area contributed by atoms with Crippen LogP contribution in [0, 0.1) is 0 Å². The molecule has 0 aliphatic carbocycles. The van der Waals surface area contributed by atoms with Gasteiger partial charge in [0.15, 0.2) is 0 Å². The molecule has 0 aromatic heterocycles. The van der Waals surface area contributed by atoms with E-state index in [-0.39, 0.29) is 0 Å². The predicted octanol–water partition coefficient (Wildman–Crippen LogP) is 0.135. The summed E-state index contributed by atoms with van der Waals surface area (Å²) in [7, 11) is 0. The maximum absolute atomic E-state index is 5.79. The van der Waals surface area contributed by atoms with E-state index in [4.69, 9.17) is 16.2 Å². The maximum Gasteiger partial charge on any atom is 0.294 e.